The van der Waals surface area contributed by atoms with Crippen LogP contribution in [0.1, 0.15) is 35.3 Å². The minimum absolute atomic E-state index is 0.0532. The molecule has 1 amide bonds. The van der Waals surface area contributed by atoms with Crippen molar-refractivity contribution in [2.24, 2.45) is 5.73 Å². The SMILES string of the molecule is CC(C)(CNC(=O)c1ccc(CN)cc1)c1ccccc1. The fraction of sp³-hybridized carbons (Fsp3) is 0.278. The van der Waals surface area contributed by atoms with Gasteiger partial charge < -0.3 is 11.1 Å². The summed E-state index contributed by atoms with van der Waals surface area (Å²) in [4.78, 5) is 12.2. The summed E-state index contributed by atoms with van der Waals surface area (Å²) in [5.41, 5.74) is 8.35. The lowest BCUT2D eigenvalue weighted by Crippen LogP contribution is -2.36. The topological polar surface area (TPSA) is 55.1 Å². The van der Waals surface area contributed by atoms with E-state index in [2.05, 4.69) is 31.3 Å². The van der Waals surface area contributed by atoms with Gasteiger partial charge in [-0.3, -0.25) is 4.79 Å². The van der Waals surface area contributed by atoms with Crippen LogP contribution >= 0.6 is 0 Å². The molecule has 0 aromatic heterocycles. The third-order valence-electron chi connectivity index (χ3n) is 3.70. The van der Waals surface area contributed by atoms with Crippen molar-refractivity contribution in [2.75, 3.05) is 6.54 Å². The molecule has 0 atom stereocenters. The molecule has 0 saturated heterocycles. The van der Waals surface area contributed by atoms with Crippen LogP contribution in [0, 0.1) is 0 Å². The standard InChI is InChI=1S/C18H22N2O/c1-18(2,16-6-4-3-5-7-16)13-20-17(21)15-10-8-14(12-19)9-11-15/h3-11H,12-13,19H2,1-2H3,(H,20,21). The fourth-order valence-electron chi connectivity index (χ4n) is 2.19. The van der Waals surface area contributed by atoms with Crippen molar-refractivity contribution in [3.63, 3.8) is 0 Å². The maximum Gasteiger partial charge on any atom is 0.251 e. The summed E-state index contributed by atoms with van der Waals surface area (Å²) in [6.07, 6.45) is 0. The number of hydrogen-bond donors (Lipinski definition) is 2. The van der Waals surface area contributed by atoms with E-state index >= 15 is 0 Å². The highest BCUT2D eigenvalue weighted by molar-refractivity contribution is 5.94. The molecule has 0 radical (unpaired) electrons. The first-order valence-corrected chi connectivity index (χ1v) is 7.16. The lowest BCUT2D eigenvalue weighted by Gasteiger charge is -2.25. The number of carbonyl (C=O) groups is 1. The van der Waals surface area contributed by atoms with Crippen LogP contribution in [-0.2, 0) is 12.0 Å². The number of benzene rings is 2. The largest absolute Gasteiger partial charge is 0.351 e. The van der Waals surface area contributed by atoms with E-state index in [1.807, 2.05) is 42.5 Å². The predicted octanol–water partition coefficient (Wildman–Crippen LogP) is 2.85. The van der Waals surface area contributed by atoms with E-state index < -0.39 is 0 Å². The lowest BCUT2D eigenvalue weighted by atomic mass is 9.84. The zero-order valence-corrected chi connectivity index (χ0v) is 12.6. The maximum atomic E-state index is 12.2. The minimum atomic E-state index is -0.103. The second-order valence-electron chi connectivity index (χ2n) is 5.83. The number of hydrogen-bond acceptors (Lipinski definition) is 2. The van der Waals surface area contributed by atoms with Crippen LogP contribution in [0.15, 0.2) is 54.6 Å². The lowest BCUT2D eigenvalue weighted by molar-refractivity contribution is 0.0945. The molecule has 0 aliphatic rings. The Morgan fingerprint density at radius 3 is 2.24 bits per heavy atom. The Morgan fingerprint density at radius 1 is 1.05 bits per heavy atom. The van der Waals surface area contributed by atoms with Crippen LogP contribution in [0.25, 0.3) is 0 Å². The van der Waals surface area contributed by atoms with Crippen molar-refractivity contribution < 1.29 is 4.79 Å². The Morgan fingerprint density at radius 2 is 1.67 bits per heavy atom. The average molecular weight is 282 g/mol. The van der Waals surface area contributed by atoms with Crippen LogP contribution in [-0.4, -0.2) is 12.5 Å². The molecule has 0 aliphatic heterocycles. The molecule has 3 nitrogen and oxygen atoms in total. The Kier molecular flexibility index (Phi) is 4.76. The van der Waals surface area contributed by atoms with E-state index in [-0.39, 0.29) is 11.3 Å². The zero-order valence-electron chi connectivity index (χ0n) is 12.6. The van der Waals surface area contributed by atoms with Gasteiger partial charge in [-0.25, -0.2) is 0 Å². The van der Waals surface area contributed by atoms with Crippen LogP contribution in [0.5, 0.6) is 0 Å². The molecule has 2 aromatic rings. The molecule has 21 heavy (non-hydrogen) atoms. The molecule has 0 fully saturated rings. The normalized spacial score (nSPS) is 11.2. The number of amides is 1. The van der Waals surface area contributed by atoms with Gasteiger partial charge in [0.2, 0.25) is 0 Å². The van der Waals surface area contributed by atoms with E-state index in [1.165, 1.54) is 5.56 Å². The average Bonchev–Trinajstić information content (AvgIpc) is 2.53. The van der Waals surface area contributed by atoms with Crippen molar-refractivity contribution in [1.82, 2.24) is 5.32 Å². The summed E-state index contributed by atoms with van der Waals surface area (Å²) >= 11 is 0. The highest BCUT2D eigenvalue weighted by Crippen LogP contribution is 2.21. The molecule has 110 valence electrons. The molecule has 2 rings (SSSR count). The summed E-state index contributed by atoms with van der Waals surface area (Å²) in [6, 6.07) is 17.6. The molecule has 0 heterocycles. The van der Waals surface area contributed by atoms with Gasteiger partial charge in [-0.2, -0.15) is 0 Å². The summed E-state index contributed by atoms with van der Waals surface area (Å²) in [6.45, 7) is 5.33. The van der Waals surface area contributed by atoms with Crippen LogP contribution in [0.4, 0.5) is 0 Å². The van der Waals surface area contributed by atoms with Gasteiger partial charge in [0.1, 0.15) is 0 Å². The Hall–Kier alpha value is -2.13. The van der Waals surface area contributed by atoms with Gasteiger partial charge in [0.25, 0.3) is 5.91 Å². The smallest absolute Gasteiger partial charge is 0.251 e. The molecule has 2 aromatic carbocycles. The van der Waals surface area contributed by atoms with Crippen LogP contribution in [0.3, 0.4) is 0 Å². The molecule has 3 N–H and O–H groups in total. The van der Waals surface area contributed by atoms with Crippen molar-refractivity contribution in [3.8, 4) is 0 Å². The number of nitrogens with one attached hydrogen (secondary N) is 1. The molecule has 0 saturated carbocycles. The van der Waals surface area contributed by atoms with Gasteiger partial charge in [-0.05, 0) is 23.3 Å². The summed E-state index contributed by atoms with van der Waals surface area (Å²) in [7, 11) is 0. The van der Waals surface area contributed by atoms with Crippen molar-refractivity contribution in [1.29, 1.82) is 0 Å². The summed E-state index contributed by atoms with van der Waals surface area (Å²) < 4.78 is 0. The Balaban J connectivity index is 2.00. The van der Waals surface area contributed by atoms with E-state index in [4.69, 9.17) is 5.73 Å². The highest BCUT2D eigenvalue weighted by Gasteiger charge is 2.21. The molecule has 0 unspecified atom stereocenters. The molecular weight excluding hydrogens is 260 g/mol. The highest BCUT2D eigenvalue weighted by atomic mass is 16.1. The van der Waals surface area contributed by atoms with Gasteiger partial charge in [-0.1, -0.05) is 56.3 Å². The molecule has 3 heteroatoms. The van der Waals surface area contributed by atoms with Crippen molar-refractivity contribution in [2.45, 2.75) is 25.8 Å². The second-order valence-corrected chi connectivity index (χ2v) is 5.83. The Bertz CT molecular complexity index is 588. The fourth-order valence-corrected chi connectivity index (χ4v) is 2.19. The van der Waals surface area contributed by atoms with Crippen LogP contribution in [0.2, 0.25) is 0 Å². The van der Waals surface area contributed by atoms with Gasteiger partial charge in [0, 0.05) is 24.1 Å². The molecule has 0 aliphatic carbocycles. The zero-order chi connectivity index (χ0) is 15.3. The van der Waals surface area contributed by atoms with E-state index in [0.29, 0.717) is 18.7 Å². The van der Waals surface area contributed by atoms with Gasteiger partial charge in [0.05, 0.1) is 0 Å². The predicted molar refractivity (Wildman–Crippen MR) is 86.1 cm³/mol. The van der Waals surface area contributed by atoms with E-state index in [0.717, 1.165) is 5.56 Å². The first-order valence-electron chi connectivity index (χ1n) is 7.16. The van der Waals surface area contributed by atoms with E-state index in [9.17, 15) is 4.79 Å². The maximum absolute atomic E-state index is 12.2. The van der Waals surface area contributed by atoms with Gasteiger partial charge >= 0.3 is 0 Å². The number of rotatable bonds is 5. The van der Waals surface area contributed by atoms with Crippen molar-refractivity contribution >= 4 is 5.91 Å². The van der Waals surface area contributed by atoms with Crippen LogP contribution < -0.4 is 11.1 Å². The molecule has 0 bridgehead atoms. The first kappa shape index (κ1) is 15.3. The quantitative estimate of drug-likeness (QED) is 0.886. The van der Waals surface area contributed by atoms with E-state index in [1.54, 1.807) is 0 Å². The van der Waals surface area contributed by atoms with Crippen molar-refractivity contribution in [3.05, 3.63) is 71.3 Å². The third-order valence-corrected chi connectivity index (χ3v) is 3.70. The Labute approximate surface area is 126 Å². The summed E-state index contributed by atoms with van der Waals surface area (Å²) in [5, 5.41) is 3.00. The third kappa shape index (κ3) is 3.92. The summed E-state index contributed by atoms with van der Waals surface area (Å²) in [5.74, 6) is -0.0532. The molecule has 0 spiro atoms. The monoisotopic (exact) mass is 282 g/mol. The number of carbonyl (C=O) groups excluding carboxylic acids is 1. The second kappa shape index (κ2) is 6.55. The van der Waals surface area contributed by atoms with Gasteiger partial charge in [-0.15, -0.1) is 0 Å². The first-order chi connectivity index (χ1) is 10.0. The number of nitrogens with two attached hydrogens (primary N) is 1. The minimum Gasteiger partial charge on any atom is -0.351 e. The molecular formula is C18H22N2O. The van der Waals surface area contributed by atoms with Gasteiger partial charge in [0.15, 0.2) is 0 Å².